The third kappa shape index (κ3) is 2.83. The lowest BCUT2D eigenvalue weighted by molar-refractivity contribution is 0.0950. The van der Waals surface area contributed by atoms with Gasteiger partial charge >= 0.3 is 0 Å². The van der Waals surface area contributed by atoms with Crippen molar-refractivity contribution in [2.75, 3.05) is 6.54 Å². The third-order valence-corrected chi connectivity index (χ3v) is 4.68. The van der Waals surface area contributed by atoms with Crippen molar-refractivity contribution in [1.82, 2.24) is 15.3 Å². The molecule has 120 valence electrons. The van der Waals surface area contributed by atoms with E-state index < -0.39 is 0 Å². The van der Waals surface area contributed by atoms with E-state index >= 15 is 0 Å². The van der Waals surface area contributed by atoms with Crippen molar-refractivity contribution in [3.8, 4) is 0 Å². The summed E-state index contributed by atoms with van der Waals surface area (Å²) in [4.78, 5) is 18.7. The summed E-state index contributed by atoms with van der Waals surface area (Å²) in [7, 11) is 0. The van der Waals surface area contributed by atoms with E-state index in [0.29, 0.717) is 12.2 Å². The van der Waals surface area contributed by atoms with Crippen LogP contribution in [0.2, 0.25) is 0 Å². The Labute approximate surface area is 147 Å². The summed E-state index contributed by atoms with van der Waals surface area (Å²) in [5, 5.41) is 5.22. The number of para-hydroxylation sites is 1. The van der Waals surface area contributed by atoms with E-state index in [0.717, 1.165) is 27.3 Å². The van der Waals surface area contributed by atoms with Gasteiger partial charge in [0.25, 0.3) is 5.91 Å². The summed E-state index contributed by atoms with van der Waals surface area (Å²) in [5.41, 5.74) is 3.87. The van der Waals surface area contributed by atoms with Crippen LogP contribution in [0, 0.1) is 0 Å². The predicted molar refractivity (Wildman–Crippen MR) is 100 cm³/mol. The Hall–Kier alpha value is -2.53. The van der Waals surface area contributed by atoms with Gasteiger partial charge in [0.2, 0.25) is 0 Å². The molecule has 4 aromatic rings. The second-order valence-electron chi connectivity index (χ2n) is 5.78. The molecule has 2 heterocycles. The largest absolute Gasteiger partial charge is 0.361 e. The maximum atomic E-state index is 12.3. The maximum Gasteiger partial charge on any atom is 0.267 e. The number of benzene rings is 2. The molecule has 0 unspecified atom stereocenters. The van der Waals surface area contributed by atoms with Gasteiger partial charge in [-0.05, 0) is 36.2 Å². The zero-order chi connectivity index (χ0) is 16.5. The van der Waals surface area contributed by atoms with Crippen molar-refractivity contribution in [3.05, 3.63) is 70.5 Å². The quantitative estimate of drug-likeness (QED) is 0.482. The number of amides is 1. The van der Waals surface area contributed by atoms with Crippen LogP contribution in [0.1, 0.15) is 16.1 Å². The molecule has 2 aromatic carbocycles. The molecule has 0 aliphatic rings. The summed E-state index contributed by atoms with van der Waals surface area (Å²) in [6.07, 6.45) is 2.80. The number of H-pyrrole nitrogens is 2. The molecular formula is C19H16BrN3O. The highest BCUT2D eigenvalue weighted by Gasteiger charge is 2.10. The van der Waals surface area contributed by atoms with Gasteiger partial charge in [-0.25, -0.2) is 0 Å². The number of nitrogens with one attached hydrogen (secondary N) is 3. The number of rotatable bonds is 4. The van der Waals surface area contributed by atoms with Crippen molar-refractivity contribution in [1.29, 1.82) is 0 Å². The lowest BCUT2D eigenvalue weighted by atomic mass is 10.1. The van der Waals surface area contributed by atoms with Gasteiger partial charge in [-0.15, -0.1) is 0 Å². The number of aromatic amines is 2. The van der Waals surface area contributed by atoms with Crippen LogP contribution >= 0.6 is 15.9 Å². The first-order chi connectivity index (χ1) is 11.7. The zero-order valence-corrected chi connectivity index (χ0v) is 14.5. The highest BCUT2D eigenvalue weighted by atomic mass is 79.9. The molecule has 4 rings (SSSR count). The average molecular weight is 382 g/mol. The fourth-order valence-electron chi connectivity index (χ4n) is 2.97. The Balaban J connectivity index is 1.44. The van der Waals surface area contributed by atoms with Crippen LogP contribution in [0.5, 0.6) is 0 Å². The van der Waals surface area contributed by atoms with Crippen LogP contribution in [0.25, 0.3) is 21.8 Å². The van der Waals surface area contributed by atoms with Gasteiger partial charge in [-0.3, -0.25) is 4.79 Å². The van der Waals surface area contributed by atoms with E-state index in [9.17, 15) is 4.79 Å². The number of aromatic nitrogens is 2. The monoisotopic (exact) mass is 381 g/mol. The van der Waals surface area contributed by atoms with Gasteiger partial charge in [0.1, 0.15) is 5.69 Å². The minimum Gasteiger partial charge on any atom is -0.361 e. The van der Waals surface area contributed by atoms with Gasteiger partial charge < -0.3 is 15.3 Å². The Morgan fingerprint density at radius 3 is 2.88 bits per heavy atom. The molecule has 0 aliphatic carbocycles. The van der Waals surface area contributed by atoms with Gasteiger partial charge in [0.05, 0.1) is 0 Å². The minimum atomic E-state index is -0.0813. The Morgan fingerprint density at radius 2 is 1.96 bits per heavy atom. The van der Waals surface area contributed by atoms with Crippen LogP contribution < -0.4 is 5.32 Å². The van der Waals surface area contributed by atoms with E-state index in [-0.39, 0.29) is 5.91 Å². The van der Waals surface area contributed by atoms with E-state index in [1.54, 1.807) is 0 Å². The number of carbonyl (C=O) groups excluding carboxylic acids is 1. The van der Waals surface area contributed by atoms with Crippen molar-refractivity contribution in [2.24, 2.45) is 0 Å². The van der Waals surface area contributed by atoms with E-state index in [1.807, 2.05) is 42.6 Å². The molecule has 0 spiro atoms. The first kappa shape index (κ1) is 15.0. The number of halogens is 1. The van der Waals surface area contributed by atoms with Crippen molar-refractivity contribution in [2.45, 2.75) is 6.42 Å². The summed E-state index contributed by atoms with van der Waals surface area (Å²) < 4.78 is 0.989. The number of fused-ring (bicyclic) bond motifs is 2. The first-order valence-corrected chi connectivity index (χ1v) is 8.61. The molecule has 0 aliphatic heterocycles. The fourth-order valence-corrected chi connectivity index (χ4v) is 3.33. The molecule has 4 nitrogen and oxygen atoms in total. The minimum absolute atomic E-state index is 0.0813. The molecule has 2 aromatic heterocycles. The Bertz CT molecular complexity index is 1030. The summed E-state index contributed by atoms with van der Waals surface area (Å²) >= 11 is 3.44. The number of hydrogen-bond acceptors (Lipinski definition) is 1. The highest BCUT2D eigenvalue weighted by Crippen LogP contribution is 2.20. The van der Waals surface area contributed by atoms with Crippen LogP contribution in [0.3, 0.4) is 0 Å². The summed E-state index contributed by atoms with van der Waals surface area (Å²) in [6, 6.07) is 16.0. The summed E-state index contributed by atoms with van der Waals surface area (Å²) in [6.45, 7) is 0.597. The zero-order valence-electron chi connectivity index (χ0n) is 12.9. The van der Waals surface area contributed by atoms with Crippen LogP contribution in [0.15, 0.2) is 59.2 Å². The van der Waals surface area contributed by atoms with Gasteiger partial charge in [-0.2, -0.15) is 0 Å². The molecule has 5 heteroatoms. The van der Waals surface area contributed by atoms with E-state index in [2.05, 4.69) is 43.3 Å². The van der Waals surface area contributed by atoms with Crippen LogP contribution in [-0.4, -0.2) is 22.4 Å². The lowest BCUT2D eigenvalue weighted by Crippen LogP contribution is -2.25. The molecular weight excluding hydrogens is 366 g/mol. The second-order valence-corrected chi connectivity index (χ2v) is 6.70. The Morgan fingerprint density at radius 1 is 1.08 bits per heavy atom. The van der Waals surface area contributed by atoms with Crippen molar-refractivity contribution >= 4 is 43.6 Å². The normalized spacial score (nSPS) is 11.2. The summed E-state index contributed by atoms with van der Waals surface area (Å²) in [5.74, 6) is -0.0813. The first-order valence-electron chi connectivity index (χ1n) is 7.82. The predicted octanol–water partition coefficient (Wildman–Crippen LogP) is 4.38. The second kappa shape index (κ2) is 6.17. The number of carbonyl (C=O) groups is 1. The Kier molecular flexibility index (Phi) is 3.86. The molecule has 24 heavy (non-hydrogen) atoms. The number of hydrogen-bond donors (Lipinski definition) is 3. The molecule has 0 saturated heterocycles. The topological polar surface area (TPSA) is 60.7 Å². The van der Waals surface area contributed by atoms with Gasteiger partial charge in [-0.1, -0.05) is 40.2 Å². The smallest absolute Gasteiger partial charge is 0.267 e. The van der Waals surface area contributed by atoms with Crippen molar-refractivity contribution < 1.29 is 4.79 Å². The van der Waals surface area contributed by atoms with Crippen LogP contribution in [0.4, 0.5) is 0 Å². The average Bonchev–Trinajstić information content (AvgIpc) is 3.18. The van der Waals surface area contributed by atoms with Gasteiger partial charge in [0.15, 0.2) is 0 Å². The lowest BCUT2D eigenvalue weighted by Gasteiger charge is -2.03. The van der Waals surface area contributed by atoms with Crippen molar-refractivity contribution in [3.63, 3.8) is 0 Å². The molecule has 0 fully saturated rings. The molecule has 0 bridgehead atoms. The molecule has 1 amide bonds. The molecule has 3 N–H and O–H groups in total. The van der Waals surface area contributed by atoms with Crippen LogP contribution in [-0.2, 0) is 6.42 Å². The third-order valence-electron chi connectivity index (χ3n) is 4.18. The van der Waals surface area contributed by atoms with Gasteiger partial charge in [0, 0.05) is 39.0 Å². The highest BCUT2D eigenvalue weighted by molar-refractivity contribution is 9.10. The fraction of sp³-hybridized carbons (Fsp3) is 0.105. The SMILES string of the molecule is O=C(NCCc1c[nH]c2ccccc12)c1cc2ccc(Br)cc2[nH]1. The molecule has 0 radical (unpaired) electrons. The van der Waals surface area contributed by atoms with E-state index in [4.69, 9.17) is 0 Å². The standard InChI is InChI=1S/C19H16BrN3O/c20-14-6-5-12-9-18(23-17(12)10-14)19(24)21-8-7-13-11-22-16-4-2-1-3-15(13)16/h1-6,9-11,22-23H,7-8H2,(H,21,24). The maximum absolute atomic E-state index is 12.3. The molecule has 0 atom stereocenters. The van der Waals surface area contributed by atoms with E-state index in [1.165, 1.54) is 10.9 Å². The molecule has 0 saturated carbocycles.